The Kier molecular flexibility index (Phi) is 5.59. The van der Waals surface area contributed by atoms with Crippen LogP contribution in [0.25, 0.3) is 22.4 Å². The second-order valence-corrected chi connectivity index (χ2v) is 7.89. The third-order valence-electron chi connectivity index (χ3n) is 4.59. The summed E-state index contributed by atoms with van der Waals surface area (Å²) in [6.07, 6.45) is 0.700. The van der Waals surface area contributed by atoms with E-state index in [0.29, 0.717) is 48.7 Å². The number of benzene rings is 2. The summed E-state index contributed by atoms with van der Waals surface area (Å²) in [4.78, 5) is 22.9. The molecule has 0 spiro atoms. The van der Waals surface area contributed by atoms with Crippen molar-refractivity contribution in [3.05, 3.63) is 79.6 Å². The Bertz CT molecular complexity index is 1340. The molecule has 2 aromatic heterocycles. The fourth-order valence-corrected chi connectivity index (χ4v) is 3.91. The quantitative estimate of drug-likeness (QED) is 0.336. The van der Waals surface area contributed by atoms with Crippen LogP contribution >= 0.6 is 27.5 Å². The predicted octanol–water partition coefficient (Wildman–Crippen LogP) is 4.35. The van der Waals surface area contributed by atoms with Gasteiger partial charge in [-0.05, 0) is 51.8 Å². The van der Waals surface area contributed by atoms with Gasteiger partial charge in [-0.2, -0.15) is 5.26 Å². The number of H-pyrrole nitrogens is 2. The van der Waals surface area contributed by atoms with Gasteiger partial charge in [0.25, 0.3) is 5.56 Å². The van der Waals surface area contributed by atoms with Crippen LogP contribution in [0, 0.1) is 11.3 Å². The van der Waals surface area contributed by atoms with E-state index in [2.05, 4.69) is 42.3 Å². The standard InChI is InChI=1S/C21H15BrClN5O2/c22-14-6-11(9-24)7-16-19(14)28-20(27-16)18-15(4-5-25-21(18)30)26-10-17(29)12-2-1-3-13(23)8-12/h1-8,17,29H,10H2,(H,27,28)(H2,25,26,30)/t17-/m1/s1. The molecule has 4 N–H and O–H groups in total. The molecule has 0 saturated carbocycles. The molecule has 0 aliphatic rings. The van der Waals surface area contributed by atoms with E-state index < -0.39 is 6.10 Å². The van der Waals surface area contributed by atoms with Gasteiger partial charge >= 0.3 is 0 Å². The van der Waals surface area contributed by atoms with Crippen molar-refractivity contribution in [2.75, 3.05) is 11.9 Å². The normalized spacial score (nSPS) is 11.9. The van der Waals surface area contributed by atoms with Gasteiger partial charge in [0.1, 0.15) is 16.9 Å². The molecule has 0 amide bonds. The van der Waals surface area contributed by atoms with E-state index in [0.717, 1.165) is 0 Å². The van der Waals surface area contributed by atoms with Gasteiger partial charge in [0.05, 0.1) is 28.9 Å². The van der Waals surface area contributed by atoms with Crippen LogP contribution in [0.3, 0.4) is 0 Å². The van der Waals surface area contributed by atoms with Crippen LogP contribution in [0.5, 0.6) is 0 Å². The summed E-state index contributed by atoms with van der Waals surface area (Å²) in [6, 6.07) is 14.1. The molecule has 0 aliphatic carbocycles. The van der Waals surface area contributed by atoms with E-state index >= 15 is 0 Å². The monoisotopic (exact) mass is 483 g/mol. The molecule has 2 heterocycles. The Morgan fingerprint density at radius 3 is 2.90 bits per heavy atom. The number of nitriles is 1. The Morgan fingerprint density at radius 1 is 1.30 bits per heavy atom. The lowest BCUT2D eigenvalue weighted by Gasteiger charge is -2.15. The van der Waals surface area contributed by atoms with Crippen molar-refractivity contribution in [2.24, 2.45) is 0 Å². The first-order valence-corrected chi connectivity index (χ1v) is 10.1. The highest BCUT2D eigenvalue weighted by Gasteiger charge is 2.17. The molecule has 1 atom stereocenters. The molecular weight excluding hydrogens is 470 g/mol. The van der Waals surface area contributed by atoms with E-state index in [-0.39, 0.29) is 12.1 Å². The molecule has 0 unspecified atom stereocenters. The first-order chi connectivity index (χ1) is 14.5. The van der Waals surface area contributed by atoms with Crippen molar-refractivity contribution in [3.63, 3.8) is 0 Å². The van der Waals surface area contributed by atoms with Crippen LogP contribution in [-0.2, 0) is 0 Å². The Hall–Kier alpha value is -3.12. The second kappa shape index (κ2) is 8.32. The summed E-state index contributed by atoms with van der Waals surface area (Å²) in [6.45, 7) is 0.166. The molecule has 0 saturated heterocycles. The zero-order valence-corrected chi connectivity index (χ0v) is 17.8. The minimum absolute atomic E-state index is 0.166. The second-order valence-electron chi connectivity index (χ2n) is 6.60. The zero-order valence-electron chi connectivity index (χ0n) is 15.4. The summed E-state index contributed by atoms with van der Waals surface area (Å²) >= 11 is 9.41. The van der Waals surface area contributed by atoms with Gasteiger partial charge in [0, 0.05) is 22.2 Å². The lowest BCUT2D eigenvalue weighted by molar-refractivity contribution is 0.191. The fourth-order valence-electron chi connectivity index (χ4n) is 3.16. The first kappa shape index (κ1) is 20.2. The highest BCUT2D eigenvalue weighted by atomic mass is 79.9. The molecule has 0 bridgehead atoms. The van der Waals surface area contributed by atoms with Gasteiger partial charge in [-0.25, -0.2) is 4.98 Å². The number of fused-ring (bicyclic) bond motifs is 1. The molecule has 9 heteroatoms. The number of aromatic amines is 2. The zero-order chi connectivity index (χ0) is 21.3. The minimum atomic E-state index is -0.821. The number of nitrogens with one attached hydrogen (secondary N) is 3. The lowest BCUT2D eigenvalue weighted by Crippen LogP contribution is -2.17. The van der Waals surface area contributed by atoms with Crippen molar-refractivity contribution in [2.45, 2.75) is 6.10 Å². The average Bonchev–Trinajstić information content (AvgIpc) is 3.16. The first-order valence-electron chi connectivity index (χ1n) is 8.95. The molecular formula is C21H15BrClN5O2. The summed E-state index contributed by atoms with van der Waals surface area (Å²) in [5.41, 5.74) is 2.84. The van der Waals surface area contributed by atoms with Gasteiger partial charge in [-0.15, -0.1) is 0 Å². The van der Waals surface area contributed by atoms with Gasteiger partial charge in [0.2, 0.25) is 0 Å². The lowest BCUT2D eigenvalue weighted by atomic mass is 10.1. The van der Waals surface area contributed by atoms with E-state index in [4.69, 9.17) is 16.9 Å². The smallest absolute Gasteiger partial charge is 0.261 e. The summed E-state index contributed by atoms with van der Waals surface area (Å²) < 4.78 is 0.650. The highest BCUT2D eigenvalue weighted by Crippen LogP contribution is 2.29. The molecule has 150 valence electrons. The van der Waals surface area contributed by atoms with Crippen LogP contribution in [0.4, 0.5) is 5.69 Å². The average molecular weight is 485 g/mol. The topological polar surface area (TPSA) is 118 Å². The summed E-state index contributed by atoms with van der Waals surface area (Å²) in [5.74, 6) is 0.349. The number of hydrogen-bond acceptors (Lipinski definition) is 5. The van der Waals surface area contributed by atoms with Crippen LogP contribution in [0.2, 0.25) is 5.02 Å². The van der Waals surface area contributed by atoms with Crippen LogP contribution in [-0.4, -0.2) is 26.6 Å². The van der Waals surface area contributed by atoms with Crippen LogP contribution in [0.1, 0.15) is 17.2 Å². The van der Waals surface area contributed by atoms with E-state index in [1.807, 2.05) is 0 Å². The number of nitrogens with zero attached hydrogens (tertiary/aromatic N) is 2. The fraction of sp³-hybridized carbons (Fsp3) is 0.0952. The molecule has 0 aliphatic heterocycles. The number of pyridine rings is 1. The van der Waals surface area contributed by atoms with Crippen molar-refractivity contribution >= 4 is 44.3 Å². The predicted molar refractivity (Wildman–Crippen MR) is 119 cm³/mol. The maximum absolute atomic E-state index is 12.6. The van der Waals surface area contributed by atoms with Crippen LogP contribution < -0.4 is 10.9 Å². The number of halogens is 2. The summed E-state index contributed by atoms with van der Waals surface area (Å²) in [5, 5.41) is 23.3. The van der Waals surface area contributed by atoms with Crippen molar-refractivity contribution in [1.82, 2.24) is 15.0 Å². The number of anilines is 1. The largest absolute Gasteiger partial charge is 0.387 e. The van der Waals surface area contributed by atoms with Gasteiger partial charge in [-0.3, -0.25) is 4.79 Å². The third-order valence-corrected chi connectivity index (χ3v) is 5.43. The Labute approximate surface area is 184 Å². The Morgan fingerprint density at radius 2 is 2.13 bits per heavy atom. The molecule has 30 heavy (non-hydrogen) atoms. The number of aliphatic hydroxyl groups excluding tert-OH is 1. The molecule has 4 rings (SSSR count). The van der Waals surface area contributed by atoms with Gasteiger partial charge in [-0.1, -0.05) is 23.7 Å². The summed E-state index contributed by atoms with van der Waals surface area (Å²) in [7, 11) is 0. The molecule has 0 fully saturated rings. The van der Waals surface area contributed by atoms with Crippen molar-refractivity contribution in [1.29, 1.82) is 5.26 Å². The van der Waals surface area contributed by atoms with E-state index in [1.165, 1.54) is 6.20 Å². The molecule has 7 nitrogen and oxygen atoms in total. The number of rotatable bonds is 5. The number of hydrogen-bond donors (Lipinski definition) is 4. The van der Waals surface area contributed by atoms with Crippen LogP contribution in [0.15, 0.2) is 57.9 Å². The van der Waals surface area contributed by atoms with Crippen molar-refractivity contribution in [3.8, 4) is 17.5 Å². The van der Waals surface area contributed by atoms with Crippen molar-refractivity contribution < 1.29 is 5.11 Å². The maximum atomic E-state index is 12.6. The minimum Gasteiger partial charge on any atom is -0.387 e. The third kappa shape index (κ3) is 3.96. The Balaban J connectivity index is 1.69. The van der Waals surface area contributed by atoms with E-state index in [9.17, 15) is 9.90 Å². The number of aromatic nitrogens is 3. The van der Waals surface area contributed by atoms with E-state index in [1.54, 1.807) is 42.5 Å². The maximum Gasteiger partial charge on any atom is 0.261 e. The SMILES string of the molecule is N#Cc1cc(Br)c2nc(-c3c(NC[C@@H](O)c4cccc(Cl)c4)cc[nH]c3=O)[nH]c2c1. The number of aliphatic hydroxyl groups is 1. The highest BCUT2D eigenvalue weighted by molar-refractivity contribution is 9.10. The van der Waals surface area contributed by atoms with Gasteiger partial charge in [0.15, 0.2) is 0 Å². The number of imidazole rings is 1. The molecule has 4 aromatic rings. The molecule has 0 radical (unpaired) electrons. The molecule has 2 aromatic carbocycles. The van der Waals surface area contributed by atoms with Gasteiger partial charge < -0.3 is 20.4 Å².